The third-order valence-electron chi connectivity index (χ3n) is 2.32. The molecule has 0 saturated heterocycles. The molecular formula is C16H34O9. The molecule has 0 aromatic carbocycles. The number of ether oxygens (including phenoxy) is 6. The van der Waals surface area contributed by atoms with E-state index in [0.717, 1.165) is 0 Å². The summed E-state index contributed by atoms with van der Waals surface area (Å²) in [7, 11) is 0. The van der Waals surface area contributed by atoms with Gasteiger partial charge in [-0.05, 0) is 6.92 Å². The maximum absolute atomic E-state index is 10.4. The minimum Gasteiger partial charge on any atom is -0.463 e. The van der Waals surface area contributed by atoms with Crippen molar-refractivity contribution in [1.29, 1.82) is 0 Å². The van der Waals surface area contributed by atoms with Crippen molar-refractivity contribution in [3.8, 4) is 0 Å². The molecule has 0 rings (SSSR count). The Kier molecular flexibility index (Phi) is 26.9. The fraction of sp³-hybridized carbons (Fsp3) is 0.938. The van der Waals surface area contributed by atoms with Gasteiger partial charge in [0.15, 0.2) is 0 Å². The van der Waals surface area contributed by atoms with Gasteiger partial charge in [0.05, 0.1) is 72.7 Å². The van der Waals surface area contributed by atoms with Crippen molar-refractivity contribution in [2.75, 3.05) is 85.9 Å². The lowest BCUT2D eigenvalue weighted by Gasteiger charge is -2.05. The van der Waals surface area contributed by atoms with Crippen molar-refractivity contribution in [1.82, 2.24) is 0 Å². The summed E-state index contributed by atoms with van der Waals surface area (Å²) in [4.78, 5) is 10.4. The summed E-state index contributed by atoms with van der Waals surface area (Å²) in [5, 5.41) is 16.5. The average Bonchev–Trinajstić information content (AvgIpc) is 2.60. The number of esters is 1. The molecule has 0 aliphatic rings. The first-order valence-electron chi connectivity index (χ1n) is 8.42. The average molecular weight is 370 g/mol. The van der Waals surface area contributed by atoms with Crippen LogP contribution < -0.4 is 0 Å². The number of carbonyl (C=O) groups is 1. The van der Waals surface area contributed by atoms with Gasteiger partial charge in [0.25, 0.3) is 0 Å². The molecule has 0 atom stereocenters. The first kappa shape index (κ1) is 26.4. The second kappa shape index (κ2) is 25.4. The van der Waals surface area contributed by atoms with Crippen molar-refractivity contribution in [3.05, 3.63) is 0 Å². The SMILES string of the molecule is CCOCCOCCOCCOC(C)=O.OCCOCCOCCO. The second-order valence-corrected chi connectivity index (χ2v) is 4.43. The fourth-order valence-electron chi connectivity index (χ4n) is 1.28. The van der Waals surface area contributed by atoms with Crippen LogP contribution >= 0.6 is 0 Å². The van der Waals surface area contributed by atoms with Gasteiger partial charge >= 0.3 is 5.97 Å². The Morgan fingerprint density at radius 3 is 1.36 bits per heavy atom. The third-order valence-corrected chi connectivity index (χ3v) is 2.32. The van der Waals surface area contributed by atoms with Crippen LogP contribution in [0.25, 0.3) is 0 Å². The predicted octanol–water partition coefficient (Wildman–Crippen LogP) is -0.377. The van der Waals surface area contributed by atoms with Crippen LogP contribution in [0.4, 0.5) is 0 Å². The Bertz CT molecular complexity index is 244. The first-order valence-corrected chi connectivity index (χ1v) is 8.42. The zero-order valence-corrected chi connectivity index (χ0v) is 15.4. The van der Waals surface area contributed by atoms with Gasteiger partial charge in [0.2, 0.25) is 0 Å². The summed E-state index contributed by atoms with van der Waals surface area (Å²) in [5.41, 5.74) is 0. The van der Waals surface area contributed by atoms with E-state index in [1.54, 1.807) is 0 Å². The minimum atomic E-state index is -0.286. The predicted molar refractivity (Wildman–Crippen MR) is 90.6 cm³/mol. The zero-order valence-electron chi connectivity index (χ0n) is 15.4. The van der Waals surface area contributed by atoms with Gasteiger partial charge in [0, 0.05) is 13.5 Å². The molecule has 2 N–H and O–H groups in total. The second-order valence-electron chi connectivity index (χ2n) is 4.43. The highest BCUT2D eigenvalue weighted by molar-refractivity contribution is 5.65. The van der Waals surface area contributed by atoms with Crippen LogP contribution in [0.1, 0.15) is 13.8 Å². The fourth-order valence-corrected chi connectivity index (χ4v) is 1.28. The van der Waals surface area contributed by atoms with E-state index in [1.165, 1.54) is 6.92 Å². The lowest BCUT2D eigenvalue weighted by Crippen LogP contribution is -2.12. The first-order chi connectivity index (χ1) is 12.2. The van der Waals surface area contributed by atoms with Crippen LogP contribution in [0.15, 0.2) is 0 Å². The Hall–Kier alpha value is -0.810. The molecule has 0 radical (unpaired) electrons. The van der Waals surface area contributed by atoms with Crippen molar-refractivity contribution in [2.24, 2.45) is 0 Å². The maximum Gasteiger partial charge on any atom is 0.302 e. The molecule has 9 heteroatoms. The van der Waals surface area contributed by atoms with E-state index in [1.807, 2.05) is 6.92 Å². The molecule has 0 heterocycles. The van der Waals surface area contributed by atoms with Crippen molar-refractivity contribution >= 4 is 5.97 Å². The number of hydrogen-bond acceptors (Lipinski definition) is 9. The van der Waals surface area contributed by atoms with Crippen LogP contribution in [0.2, 0.25) is 0 Å². The molecule has 0 unspecified atom stereocenters. The van der Waals surface area contributed by atoms with Gasteiger partial charge in [0.1, 0.15) is 6.61 Å². The summed E-state index contributed by atoms with van der Waals surface area (Å²) in [5.74, 6) is -0.286. The van der Waals surface area contributed by atoms with Crippen LogP contribution in [0.3, 0.4) is 0 Å². The third kappa shape index (κ3) is 31.5. The highest BCUT2D eigenvalue weighted by Gasteiger charge is 1.93. The van der Waals surface area contributed by atoms with Crippen molar-refractivity contribution in [3.63, 3.8) is 0 Å². The van der Waals surface area contributed by atoms with Gasteiger partial charge < -0.3 is 38.6 Å². The largest absolute Gasteiger partial charge is 0.463 e. The summed E-state index contributed by atoms with van der Waals surface area (Å²) in [6.07, 6.45) is 0. The molecule has 0 amide bonds. The normalized spacial score (nSPS) is 10.2. The van der Waals surface area contributed by atoms with Crippen molar-refractivity contribution < 1.29 is 43.4 Å². The monoisotopic (exact) mass is 370 g/mol. The molecule has 0 fully saturated rings. The number of hydrogen-bond donors (Lipinski definition) is 2. The highest BCUT2D eigenvalue weighted by Crippen LogP contribution is 1.82. The number of rotatable bonds is 17. The molecule has 0 aliphatic heterocycles. The van der Waals surface area contributed by atoms with E-state index in [9.17, 15) is 4.79 Å². The summed E-state index contributed by atoms with van der Waals surface area (Å²) in [6.45, 7) is 8.71. The molecule has 0 aromatic heterocycles. The Morgan fingerprint density at radius 1 is 0.640 bits per heavy atom. The summed E-state index contributed by atoms with van der Waals surface area (Å²) < 4.78 is 29.9. The summed E-state index contributed by atoms with van der Waals surface area (Å²) in [6, 6.07) is 0. The molecule has 0 bridgehead atoms. The Morgan fingerprint density at radius 2 is 1.00 bits per heavy atom. The van der Waals surface area contributed by atoms with Gasteiger partial charge in [-0.1, -0.05) is 0 Å². The number of carbonyl (C=O) groups excluding carboxylic acids is 1. The van der Waals surface area contributed by atoms with E-state index < -0.39 is 0 Å². The van der Waals surface area contributed by atoms with Crippen LogP contribution in [-0.4, -0.2) is 102 Å². The van der Waals surface area contributed by atoms with Gasteiger partial charge in [-0.2, -0.15) is 0 Å². The van der Waals surface area contributed by atoms with E-state index in [0.29, 0.717) is 72.7 Å². The topological polar surface area (TPSA) is 113 Å². The van der Waals surface area contributed by atoms with Gasteiger partial charge in [-0.3, -0.25) is 4.79 Å². The standard InChI is InChI=1S/C10H20O5.C6H14O4/c1-3-12-4-5-13-6-7-14-8-9-15-10(2)11;7-1-3-9-5-6-10-4-2-8/h3-9H2,1-2H3;7-8H,1-6H2. The molecule has 0 spiro atoms. The van der Waals surface area contributed by atoms with E-state index in [2.05, 4.69) is 4.74 Å². The van der Waals surface area contributed by atoms with E-state index in [4.69, 9.17) is 33.9 Å². The van der Waals surface area contributed by atoms with Gasteiger partial charge in [-0.25, -0.2) is 0 Å². The van der Waals surface area contributed by atoms with Crippen LogP contribution in [0, 0.1) is 0 Å². The molecular weight excluding hydrogens is 336 g/mol. The Labute approximate surface area is 150 Å². The van der Waals surface area contributed by atoms with Gasteiger partial charge in [-0.15, -0.1) is 0 Å². The minimum absolute atomic E-state index is 0.0417. The molecule has 25 heavy (non-hydrogen) atoms. The highest BCUT2D eigenvalue weighted by atomic mass is 16.6. The van der Waals surface area contributed by atoms with Crippen molar-refractivity contribution in [2.45, 2.75) is 13.8 Å². The molecule has 0 saturated carbocycles. The lowest BCUT2D eigenvalue weighted by molar-refractivity contribution is -0.142. The Balaban J connectivity index is 0. The molecule has 152 valence electrons. The lowest BCUT2D eigenvalue weighted by atomic mass is 10.7. The van der Waals surface area contributed by atoms with Crippen LogP contribution in [0.5, 0.6) is 0 Å². The molecule has 0 aromatic rings. The summed E-state index contributed by atoms with van der Waals surface area (Å²) >= 11 is 0. The smallest absolute Gasteiger partial charge is 0.302 e. The van der Waals surface area contributed by atoms with E-state index in [-0.39, 0.29) is 19.2 Å². The maximum atomic E-state index is 10.4. The molecule has 0 aliphatic carbocycles. The number of aliphatic hydroxyl groups excluding tert-OH is 2. The van der Waals surface area contributed by atoms with Crippen LogP contribution in [-0.2, 0) is 33.2 Å². The quantitative estimate of drug-likeness (QED) is 0.261. The van der Waals surface area contributed by atoms with E-state index >= 15 is 0 Å². The molecule has 9 nitrogen and oxygen atoms in total. The zero-order chi connectivity index (χ0) is 19.0. The number of aliphatic hydroxyl groups is 2.